The Morgan fingerprint density at radius 3 is 2.94 bits per heavy atom. The molecule has 0 aliphatic carbocycles. The Labute approximate surface area is 107 Å². The molecule has 17 heavy (non-hydrogen) atoms. The Morgan fingerprint density at radius 1 is 1.59 bits per heavy atom. The number of rotatable bonds is 2. The van der Waals surface area contributed by atoms with Crippen LogP contribution in [0, 0.1) is 0 Å². The van der Waals surface area contributed by atoms with Crippen molar-refractivity contribution in [2.24, 2.45) is 5.73 Å². The van der Waals surface area contributed by atoms with E-state index in [1.807, 2.05) is 6.07 Å². The Morgan fingerprint density at radius 2 is 2.35 bits per heavy atom. The molecule has 0 saturated carbocycles. The van der Waals surface area contributed by atoms with Gasteiger partial charge in [-0.15, -0.1) is 0 Å². The smallest absolute Gasteiger partial charge is 0.147 e. The molecule has 1 aromatic rings. The third kappa shape index (κ3) is 2.89. The molecule has 0 aromatic carbocycles. The molecule has 2 heterocycles. The average molecular weight is 256 g/mol. The van der Waals surface area contributed by atoms with Crippen LogP contribution in [0.25, 0.3) is 0 Å². The highest BCUT2D eigenvalue weighted by atomic mass is 35.5. The van der Waals surface area contributed by atoms with Gasteiger partial charge in [-0.2, -0.15) is 0 Å². The van der Waals surface area contributed by atoms with Crippen molar-refractivity contribution in [2.45, 2.75) is 26.0 Å². The molecular weight excluding hydrogens is 238 g/mol. The molecule has 0 radical (unpaired) electrons. The lowest BCUT2D eigenvalue weighted by atomic mass is 10.1. The number of hydrogen-bond acceptors (Lipinski definition) is 4. The summed E-state index contributed by atoms with van der Waals surface area (Å²) in [5.74, 6) is 0.820. The third-order valence-electron chi connectivity index (χ3n) is 2.84. The predicted octanol–water partition coefficient (Wildman–Crippen LogP) is 1.81. The van der Waals surface area contributed by atoms with E-state index < -0.39 is 0 Å². The van der Waals surface area contributed by atoms with Gasteiger partial charge in [0.1, 0.15) is 5.82 Å². The Balaban J connectivity index is 2.22. The molecule has 0 bridgehead atoms. The van der Waals surface area contributed by atoms with Gasteiger partial charge in [0.2, 0.25) is 0 Å². The maximum Gasteiger partial charge on any atom is 0.147 e. The topological polar surface area (TPSA) is 51.4 Å². The van der Waals surface area contributed by atoms with Crippen molar-refractivity contribution >= 4 is 17.4 Å². The fourth-order valence-electron chi connectivity index (χ4n) is 2.01. The standard InChI is InChI=1S/C12H18ClN3O/c1-12(2)8-16(3-4-17-12)11-10(13)5-9(6-14)7-15-11/h5,7H,3-4,6,8,14H2,1-2H3. The van der Waals surface area contributed by atoms with E-state index in [0.29, 0.717) is 18.2 Å². The van der Waals surface area contributed by atoms with Crippen molar-refractivity contribution in [1.82, 2.24) is 4.98 Å². The van der Waals surface area contributed by atoms with Crippen LogP contribution in [0.2, 0.25) is 5.02 Å². The highest BCUT2D eigenvalue weighted by Gasteiger charge is 2.28. The summed E-state index contributed by atoms with van der Waals surface area (Å²) in [5.41, 5.74) is 6.35. The number of aromatic nitrogens is 1. The molecule has 0 spiro atoms. The second-order valence-electron chi connectivity index (χ2n) is 4.88. The zero-order chi connectivity index (χ0) is 12.5. The van der Waals surface area contributed by atoms with Gasteiger partial charge in [0.15, 0.2) is 0 Å². The van der Waals surface area contributed by atoms with Crippen molar-refractivity contribution in [2.75, 3.05) is 24.6 Å². The summed E-state index contributed by atoms with van der Waals surface area (Å²) in [4.78, 5) is 6.56. The fourth-order valence-corrected chi connectivity index (χ4v) is 2.32. The molecular formula is C12H18ClN3O. The van der Waals surface area contributed by atoms with E-state index >= 15 is 0 Å². The lowest BCUT2D eigenvalue weighted by molar-refractivity contribution is -0.0279. The van der Waals surface area contributed by atoms with E-state index in [1.54, 1.807) is 6.20 Å². The van der Waals surface area contributed by atoms with Crippen LogP contribution < -0.4 is 10.6 Å². The summed E-state index contributed by atoms with van der Waals surface area (Å²) in [6.07, 6.45) is 1.78. The van der Waals surface area contributed by atoms with Crippen LogP contribution in [0.4, 0.5) is 5.82 Å². The van der Waals surface area contributed by atoms with Gasteiger partial charge in [-0.25, -0.2) is 4.98 Å². The van der Waals surface area contributed by atoms with E-state index in [-0.39, 0.29) is 5.60 Å². The normalized spacial score (nSPS) is 19.4. The maximum absolute atomic E-state index is 6.23. The molecule has 94 valence electrons. The first kappa shape index (κ1) is 12.6. The van der Waals surface area contributed by atoms with Crippen molar-refractivity contribution in [3.63, 3.8) is 0 Å². The number of anilines is 1. The van der Waals surface area contributed by atoms with Crippen LogP contribution in [0.15, 0.2) is 12.3 Å². The molecule has 1 aromatic heterocycles. The van der Waals surface area contributed by atoms with Crippen molar-refractivity contribution in [3.05, 3.63) is 22.8 Å². The zero-order valence-corrected chi connectivity index (χ0v) is 11.0. The summed E-state index contributed by atoms with van der Waals surface area (Å²) in [6, 6.07) is 1.88. The Bertz CT molecular complexity index is 409. The summed E-state index contributed by atoms with van der Waals surface area (Å²) in [5, 5.41) is 0.658. The number of ether oxygens (including phenoxy) is 1. The van der Waals surface area contributed by atoms with Gasteiger partial charge in [0.05, 0.1) is 17.2 Å². The first-order chi connectivity index (χ1) is 8.02. The van der Waals surface area contributed by atoms with Gasteiger partial charge >= 0.3 is 0 Å². The number of pyridine rings is 1. The quantitative estimate of drug-likeness (QED) is 0.876. The summed E-state index contributed by atoms with van der Waals surface area (Å²) < 4.78 is 5.67. The van der Waals surface area contributed by atoms with Gasteiger partial charge in [-0.05, 0) is 25.5 Å². The summed E-state index contributed by atoms with van der Waals surface area (Å²) >= 11 is 6.23. The molecule has 1 fully saturated rings. The molecule has 2 N–H and O–H groups in total. The van der Waals surface area contributed by atoms with Gasteiger partial charge in [0.25, 0.3) is 0 Å². The SMILES string of the molecule is CC1(C)CN(c2ncc(CN)cc2Cl)CCO1. The highest BCUT2D eigenvalue weighted by molar-refractivity contribution is 6.33. The molecule has 1 aliphatic heterocycles. The number of halogens is 1. The minimum atomic E-state index is -0.157. The number of nitrogens with zero attached hydrogens (tertiary/aromatic N) is 2. The van der Waals surface area contributed by atoms with Gasteiger partial charge in [0, 0.05) is 25.8 Å². The Kier molecular flexibility index (Phi) is 3.56. The van der Waals surface area contributed by atoms with E-state index in [4.69, 9.17) is 22.1 Å². The summed E-state index contributed by atoms with van der Waals surface area (Å²) in [7, 11) is 0. The van der Waals surface area contributed by atoms with E-state index in [9.17, 15) is 0 Å². The first-order valence-electron chi connectivity index (χ1n) is 5.75. The van der Waals surface area contributed by atoms with Crippen LogP contribution in [0.1, 0.15) is 19.4 Å². The Hall–Kier alpha value is -0.840. The van der Waals surface area contributed by atoms with Crippen LogP contribution in [0.5, 0.6) is 0 Å². The lowest BCUT2D eigenvalue weighted by Gasteiger charge is -2.39. The van der Waals surface area contributed by atoms with Crippen LogP contribution >= 0.6 is 11.6 Å². The molecule has 0 atom stereocenters. The zero-order valence-electron chi connectivity index (χ0n) is 10.2. The monoisotopic (exact) mass is 255 g/mol. The molecule has 1 aliphatic rings. The van der Waals surface area contributed by atoms with Crippen LogP contribution in [-0.2, 0) is 11.3 Å². The van der Waals surface area contributed by atoms with Crippen LogP contribution in [0.3, 0.4) is 0 Å². The highest BCUT2D eigenvalue weighted by Crippen LogP contribution is 2.28. The second kappa shape index (κ2) is 4.80. The largest absolute Gasteiger partial charge is 0.372 e. The average Bonchev–Trinajstić information content (AvgIpc) is 2.27. The maximum atomic E-state index is 6.23. The predicted molar refractivity (Wildman–Crippen MR) is 69.4 cm³/mol. The molecule has 2 rings (SSSR count). The van der Waals surface area contributed by atoms with Crippen LogP contribution in [-0.4, -0.2) is 30.3 Å². The second-order valence-corrected chi connectivity index (χ2v) is 5.29. The first-order valence-corrected chi connectivity index (χ1v) is 6.13. The number of nitrogens with two attached hydrogens (primary N) is 1. The fraction of sp³-hybridized carbons (Fsp3) is 0.583. The molecule has 1 saturated heterocycles. The molecule has 5 heteroatoms. The van der Waals surface area contributed by atoms with E-state index in [1.165, 1.54) is 0 Å². The van der Waals surface area contributed by atoms with Gasteiger partial charge in [-0.1, -0.05) is 11.6 Å². The minimum Gasteiger partial charge on any atom is -0.372 e. The van der Waals surface area contributed by atoms with E-state index in [2.05, 4.69) is 23.7 Å². The van der Waals surface area contributed by atoms with Crippen molar-refractivity contribution < 1.29 is 4.74 Å². The third-order valence-corrected chi connectivity index (χ3v) is 3.12. The lowest BCUT2D eigenvalue weighted by Crippen LogP contribution is -2.48. The molecule has 0 unspecified atom stereocenters. The van der Waals surface area contributed by atoms with Gasteiger partial charge < -0.3 is 15.4 Å². The van der Waals surface area contributed by atoms with Crippen molar-refractivity contribution in [3.8, 4) is 0 Å². The molecule has 0 amide bonds. The minimum absolute atomic E-state index is 0.157. The van der Waals surface area contributed by atoms with Gasteiger partial charge in [-0.3, -0.25) is 0 Å². The molecule has 4 nitrogen and oxygen atoms in total. The summed E-state index contributed by atoms with van der Waals surface area (Å²) in [6.45, 7) is 6.91. The number of hydrogen-bond donors (Lipinski definition) is 1. The van der Waals surface area contributed by atoms with E-state index in [0.717, 1.165) is 24.5 Å². The van der Waals surface area contributed by atoms with Crippen molar-refractivity contribution in [1.29, 1.82) is 0 Å². The number of morpholine rings is 1.